The van der Waals surface area contributed by atoms with Gasteiger partial charge >= 0.3 is 5.97 Å². The highest BCUT2D eigenvalue weighted by Gasteiger charge is 2.16. The average Bonchev–Trinajstić information content (AvgIpc) is 2.36. The molecule has 1 aromatic rings. The van der Waals surface area contributed by atoms with Crippen LogP contribution in [0.5, 0.6) is 0 Å². The molecule has 0 saturated heterocycles. The normalized spacial score (nSPS) is 11.2. The Morgan fingerprint density at radius 3 is 2.60 bits per heavy atom. The molecular weight excluding hydrogens is 288 g/mol. The SMILES string of the molecule is O=C(O)CCNS(=O)(=O)CCc1ccccc1[N+](=O)[O-]. The first-order valence-electron chi connectivity index (χ1n) is 5.73. The van der Waals surface area contributed by atoms with Crippen LogP contribution in [0.3, 0.4) is 0 Å². The topological polar surface area (TPSA) is 127 Å². The molecule has 0 bridgehead atoms. The average molecular weight is 302 g/mol. The summed E-state index contributed by atoms with van der Waals surface area (Å²) >= 11 is 0. The second-order valence-electron chi connectivity index (χ2n) is 3.99. The van der Waals surface area contributed by atoms with Crippen molar-refractivity contribution in [1.82, 2.24) is 4.72 Å². The number of rotatable bonds is 8. The van der Waals surface area contributed by atoms with Crippen LogP contribution in [0.2, 0.25) is 0 Å². The summed E-state index contributed by atoms with van der Waals surface area (Å²) in [6.07, 6.45) is -0.329. The van der Waals surface area contributed by atoms with Gasteiger partial charge in [-0.3, -0.25) is 14.9 Å². The summed E-state index contributed by atoms with van der Waals surface area (Å²) in [6, 6.07) is 5.89. The fourth-order valence-corrected chi connectivity index (χ4v) is 2.58. The first-order valence-corrected chi connectivity index (χ1v) is 7.38. The fourth-order valence-electron chi connectivity index (χ4n) is 1.53. The van der Waals surface area contributed by atoms with Gasteiger partial charge in [-0.15, -0.1) is 0 Å². The van der Waals surface area contributed by atoms with Crippen LogP contribution in [0.1, 0.15) is 12.0 Å². The number of nitrogens with zero attached hydrogens (tertiary/aromatic N) is 1. The largest absolute Gasteiger partial charge is 0.481 e. The molecule has 0 unspecified atom stereocenters. The number of para-hydroxylation sites is 1. The van der Waals surface area contributed by atoms with Crippen molar-refractivity contribution in [2.24, 2.45) is 0 Å². The van der Waals surface area contributed by atoms with Crippen LogP contribution in [0, 0.1) is 10.1 Å². The molecule has 20 heavy (non-hydrogen) atoms. The number of nitro groups is 1. The van der Waals surface area contributed by atoms with Gasteiger partial charge < -0.3 is 5.11 Å². The highest BCUT2D eigenvalue weighted by atomic mass is 32.2. The van der Waals surface area contributed by atoms with Crippen molar-refractivity contribution in [3.8, 4) is 0 Å². The molecule has 8 nitrogen and oxygen atoms in total. The van der Waals surface area contributed by atoms with Gasteiger partial charge in [-0.2, -0.15) is 0 Å². The van der Waals surface area contributed by atoms with E-state index in [4.69, 9.17) is 5.11 Å². The molecule has 0 atom stereocenters. The minimum atomic E-state index is -3.65. The molecule has 9 heteroatoms. The Morgan fingerprint density at radius 1 is 1.35 bits per heavy atom. The molecule has 0 amide bonds. The predicted molar refractivity (Wildman–Crippen MR) is 70.8 cm³/mol. The van der Waals surface area contributed by atoms with Crippen molar-refractivity contribution in [3.05, 3.63) is 39.9 Å². The number of carboxylic acids is 1. The maximum absolute atomic E-state index is 11.6. The molecule has 0 aliphatic rings. The smallest absolute Gasteiger partial charge is 0.304 e. The molecule has 0 spiro atoms. The lowest BCUT2D eigenvalue weighted by Gasteiger charge is -2.06. The summed E-state index contributed by atoms with van der Waals surface area (Å²) in [4.78, 5) is 20.5. The lowest BCUT2D eigenvalue weighted by atomic mass is 10.1. The number of sulfonamides is 1. The van der Waals surface area contributed by atoms with Crippen LogP contribution in [-0.2, 0) is 21.2 Å². The summed E-state index contributed by atoms with van der Waals surface area (Å²) in [7, 11) is -3.65. The van der Waals surface area contributed by atoms with Crippen molar-refractivity contribution in [2.45, 2.75) is 12.8 Å². The zero-order valence-corrected chi connectivity index (χ0v) is 11.3. The first-order chi connectivity index (χ1) is 9.32. The lowest BCUT2D eigenvalue weighted by Crippen LogP contribution is -2.29. The van der Waals surface area contributed by atoms with Crippen LogP contribution in [0.25, 0.3) is 0 Å². The maximum atomic E-state index is 11.6. The van der Waals surface area contributed by atoms with Crippen molar-refractivity contribution >= 4 is 21.7 Å². The molecule has 0 fully saturated rings. The van der Waals surface area contributed by atoms with Gasteiger partial charge in [0.05, 0.1) is 17.1 Å². The van der Waals surface area contributed by atoms with Crippen LogP contribution in [-0.4, -0.2) is 36.7 Å². The van der Waals surface area contributed by atoms with E-state index in [1.807, 2.05) is 0 Å². The van der Waals surface area contributed by atoms with Gasteiger partial charge in [0.1, 0.15) is 0 Å². The zero-order valence-electron chi connectivity index (χ0n) is 10.5. The Kier molecular flexibility index (Phi) is 5.59. The Balaban J connectivity index is 2.62. The standard InChI is InChI=1S/C11H14N2O6S/c14-11(15)5-7-12-20(18,19)8-6-9-3-1-2-4-10(9)13(16)17/h1-4,12H,5-8H2,(H,14,15). The van der Waals surface area contributed by atoms with Gasteiger partial charge in [-0.25, -0.2) is 13.1 Å². The second-order valence-corrected chi connectivity index (χ2v) is 5.92. The molecule has 2 N–H and O–H groups in total. The van der Waals surface area contributed by atoms with Gasteiger partial charge in [0.2, 0.25) is 10.0 Å². The van der Waals surface area contributed by atoms with E-state index in [0.717, 1.165) is 0 Å². The number of hydrogen-bond acceptors (Lipinski definition) is 5. The third-order valence-corrected chi connectivity index (χ3v) is 3.87. The van der Waals surface area contributed by atoms with Crippen LogP contribution < -0.4 is 4.72 Å². The number of aliphatic carboxylic acids is 1. The second kappa shape index (κ2) is 6.96. The Labute approximate surface area is 115 Å². The monoisotopic (exact) mass is 302 g/mol. The Hall–Kier alpha value is -2.00. The highest BCUT2D eigenvalue weighted by molar-refractivity contribution is 7.89. The van der Waals surface area contributed by atoms with Crippen molar-refractivity contribution in [3.63, 3.8) is 0 Å². The highest BCUT2D eigenvalue weighted by Crippen LogP contribution is 2.18. The van der Waals surface area contributed by atoms with E-state index < -0.39 is 20.9 Å². The lowest BCUT2D eigenvalue weighted by molar-refractivity contribution is -0.385. The van der Waals surface area contributed by atoms with E-state index in [0.29, 0.717) is 5.56 Å². The molecule has 0 aromatic heterocycles. The first kappa shape index (κ1) is 16.1. The summed E-state index contributed by atoms with van der Waals surface area (Å²) in [5, 5.41) is 19.2. The van der Waals surface area contributed by atoms with E-state index >= 15 is 0 Å². The number of hydrogen-bond donors (Lipinski definition) is 2. The maximum Gasteiger partial charge on any atom is 0.304 e. The van der Waals surface area contributed by atoms with Crippen molar-refractivity contribution in [1.29, 1.82) is 0 Å². The fraction of sp³-hybridized carbons (Fsp3) is 0.364. The summed E-state index contributed by atoms with van der Waals surface area (Å²) in [5.41, 5.74) is 0.189. The number of carbonyl (C=O) groups is 1. The van der Waals surface area contributed by atoms with E-state index in [2.05, 4.69) is 4.72 Å². The van der Waals surface area contributed by atoms with Gasteiger partial charge in [0, 0.05) is 18.2 Å². The summed E-state index contributed by atoms with van der Waals surface area (Å²) in [6.45, 7) is -0.200. The van der Waals surface area contributed by atoms with Crippen molar-refractivity contribution in [2.75, 3.05) is 12.3 Å². The number of aryl methyl sites for hydroxylation is 1. The van der Waals surface area contributed by atoms with Crippen LogP contribution >= 0.6 is 0 Å². The minimum absolute atomic E-state index is 0.0143. The van der Waals surface area contributed by atoms with Gasteiger partial charge in [0.25, 0.3) is 5.69 Å². The summed E-state index contributed by atoms with van der Waals surface area (Å²) < 4.78 is 25.3. The van der Waals surface area contributed by atoms with Gasteiger partial charge in [0.15, 0.2) is 0 Å². The van der Waals surface area contributed by atoms with Crippen LogP contribution in [0.15, 0.2) is 24.3 Å². The van der Waals surface area contributed by atoms with E-state index in [9.17, 15) is 23.3 Å². The Bertz CT molecular complexity index is 599. The van der Waals surface area contributed by atoms with Crippen LogP contribution in [0.4, 0.5) is 5.69 Å². The van der Waals surface area contributed by atoms with Gasteiger partial charge in [-0.05, 0) is 6.42 Å². The molecule has 0 aliphatic heterocycles. The number of benzene rings is 1. The molecular formula is C11H14N2O6S. The van der Waals surface area contributed by atoms with Crippen molar-refractivity contribution < 1.29 is 23.2 Å². The molecule has 0 radical (unpaired) electrons. The van der Waals surface area contributed by atoms with Gasteiger partial charge in [-0.1, -0.05) is 18.2 Å². The number of carboxylic acid groups (broad SMARTS) is 1. The number of nitro benzene ring substituents is 1. The molecule has 0 aliphatic carbocycles. The van der Waals surface area contributed by atoms with E-state index in [-0.39, 0.29) is 30.8 Å². The third kappa shape index (κ3) is 5.33. The molecule has 0 heterocycles. The number of nitrogens with one attached hydrogen (secondary N) is 1. The summed E-state index contributed by atoms with van der Waals surface area (Å²) in [5.74, 6) is -1.44. The third-order valence-electron chi connectivity index (χ3n) is 2.49. The molecule has 110 valence electrons. The quantitative estimate of drug-likeness (QED) is 0.532. The van der Waals surface area contributed by atoms with E-state index in [1.165, 1.54) is 18.2 Å². The molecule has 0 saturated carbocycles. The molecule has 1 rings (SSSR count). The molecule has 1 aromatic carbocycles. The zero-order chi connectivity index (χ0) is 15.2. The van der Waals surface area contributed by atoms with E-state index in [1.54, 1.807) is 6.07 Å². The predicted octanol–water partition coefficient (Wildman–Crippen LogP) is 0.531. The Morgan fingerprint density at radius 2 is 2.00 bits per heavy atom. The minimum Gasteiger partial charge on any atom is -0.481 e.